The molecular formula is C17H26BNO5. The van der Waals surface area contributed by atoms with Gasteiger partial charge in [-0.2, -0.15) is 0 Å². The molecular weight excluding hydrogens is 309 g/mol. The molecule has 0 aliphatic carbocycles. The third kappa shape index (κ3) is 2.77. The van der Waals surface area contributed by atoms with Crippen LogP contribution in [0.1, 0.15) is 53.9 Å². The van der Waals surface area contributed by atoms with Gasteiger partial charge in [-0.25, -0.2) is 4.79 Å². The molecule has 0 aromatic carbocycles. The molecule has 2 atom stereocenters. The SMILES string of the molecule is CCOC(=O)[C@@H]1CCC2CC(B3OC(C)(C)C(C)(C)O3)=CC(=O)N21. The molecule has 2 fully saturated rings. The molecule has 0 aromatic heterocycles. The van der Waals surface area contributed by atoms with E-state index in [-0.39, 0.29) is 17.9 Å². The van der Waals surface area contributed by atoms with Gasteiger partial charge in [-0.3, -0.25) is 4.79 Å². The van der Waals surface area contributed by atoms with Crippen molar-refractivity contribution in [1.82, 2.24) is 4.90 Å². The van der Waals surface area contributed by atoms with Crippen LogP contribution in [0.3, 0.4) is 0 Å². The minimum absolute atomic E-state index is 0.0194. The fourth-order valence-electron chi connectivity index (χ4n) is 3.61. The van der Waals surface area contributed by atoms with Gasteiger partial charge in [0.05, 0.1) is 17.8 Å². The average Bonchev–Trinajstić information content (AvgIpc) is 2.98. The predicted octanol–water partition coefficient (Wildman–Crippen LogP) is 1.87. The maximum Gasteiger partial charge on any atom is 0.490 e. The molecule has 1 unspecified atom stereocenters. The van der Waals surface area contributed by atoms with Crippen LogP contribution in [-0.2, 0) is 23.6 Å². The lowest BCUT2D eigenvalue weighted by atomic mass is 9.73. The minimum Gasteiger partial charge on any atom is -0.464 e. The van der Waals surface area contributed by atoms with Gasteiger partial charge < -0.3 is 18.9 Å². The molecule has 3 aliphatic heterocycles. The maximum atomic E-state index is 12.6. The van der Waals surface area contributed by atoms with Crippen LogP contribution in [0.2, 0.25) is 0 Å². The van der Waals surface area contributed by atoms with E-state index in [9.17, 15) is 9.59 Å². The zero-order valence-electron chi connectivity index (χ0n) is 15.1. The van der Waals surface area contributed by atoms with Gasteiger partial charge in [0, 0.05) is 6.04 Å². The first-order valence-electron chi connectivity index (χ1n) is 8.71. The molecule has 24 heavy (non-hydrogen) atoms. The molecule has 3 aliphatic rings. The number of rotatable bonds is 3. The van der Waals surface area contributed by atoms with Crippen LogP contribution >= 0.6 is 0 Å². The fourth-order valence-corrected chi connectivity index (χ4v) is 3.61. The standard InChI is InChI=1S/C17H26BNO5/c1-6-22-15(21)13-8-7-12-9-11(10-14(20)19(12)13)18-23-16(2,3)17(4,5)24-18/h10,12-13H,6-9H2,1-5H3/t12?,13-/m0/s1. The summed E-state index contributed by atoms with van der Waals surface area (Å²) < 4.78 is 17.2. The molecule has 3 heterocycles. The highest BCUT2D eigenvalue weighted by Gasteiger charge is 2.54. The Balaban J connectivity index is 1.77. The van der Waals surface area contributed by atoms with Crippen molar-refractivity contribution in [1.29, 1.82) is 0 Å². The summed E-state index contributed by atoms with van der Waals surface area (Å²) in [4.78, 5) is 26.4. The number of esters is 1. The number of ether oxygens (including phenoxy) is 1. The molecule has 0 saturated carbocycles. The van der Waals surface area contributed by atoms with Crippen molar-refractivity contribution in [2.24, 2.45) is 0 Å². The number of amides is 1. The first-order valence-corrected chi connectivity index (χ1v) is 8.71. The molecule has 0 bridgehead atoms. The second kappa shape index (κ2) is 5.88. The van der Waals surface area contributed by atoms with Crippen LogP contribution in [-0.4, -0.2) is 53.8 Å². The summed E-state index contributed by atoms with van der Waals surface area (Å²) in [5.41, 5.74) is 0.00772. The lowest BCUT2D eigenvalue weighted by molar-refractivity contribution is -0.153. The molecule has 0 spiro atoms. The van der Waals surface area contributed by atoms with Gasteiger partial charge in [-0.15, -0.1) is 0 Å². The number of fused-ring (bicyclic) bond motifs is 1. The maximum absolute atomic E-state index is 12.6. The topological polar surface area (TPSA) is 65.1 Å². The summed E-state index contributed by atoms with van der Waals surface area (Å²) in [6.07, 6.45) is 3.71. The van der Waals surface area contributed by atoms with Gasteiger partial charge in [0.2, 0.25) is 5.91 Å². The van der Waals surface area contributed by atoms with Crippen LogP contribution in [0, 0.1) is 0 Å². The number of hydrogen-bond donors (Lipinski definition) is 0. The van der Waals surface area contributed by atoms with Crippen molar-refractivity contribution in [3.05, 3.63) is 11.5 Å². The van der Waals surface area contributed by atoms with E-state index in [0.717, 1.165) is 11.9 Å². The summed E-state index contributed by atoms with van der Waals surface area (Å²) in [5, 5.41) is 0. The van der Waals surface area contributed by atoms with Crippen molar-refractivity contribution in [3.63, 3.8) is 0 Å². The third-order valence-electron chi connectivity index (χ3n) is 5.65. The second-order valence-electron chi connectivity index (χ2n) is 7.76. The minimum atomic E-state index is -0.497. The van der Waals surface area contributed by atoms with Gasteiger partial charge in [0.25, 0.3) is 0 Å². The Hall–Kier alpha value is -1.34. The van der Waals surface area contributed by atoms with Gasteiger partial charge in [-0.1, -0.05) is 0 Å². The van der Waals surface area contributed by atoms with Gasteiger partial charge >= 0.3 is 13.1 Å². The first-order chi connectivity index (χ1) is 11.2. The Labute approximate surface area is 143 Å². The zero-order valence-corrected chi connectivity index (χ0v) is 15.1. The zero-order chi connectivity index (χ0) is 17.7. The monoisotopic (exact) mass is 335 g/mol. The number of hydrogen-bond acceptors (Lipinski definition) is 5. The molecule has 0 radical (unpaired) electrons. The Kier molecular flexibility index (Phi) is 4.28. The van der Waals surface area contributed by atoms with Crippen molar-refractivity contribution >= 4 is 19.0 Å². The number of carbonyl (C=O) groups excluding carboxylic acids is 2. The number of carbonyl (C=O) groups is 2. The lowest BCUT2D eigenvalue weighted by Crippen LogP contribution is -2.48. The van der Waals surface area contributed by atoms with Crippen molar-refractivity contribution in [2.75, 3.05) is 6.61 Å². The fraction of sp³-hybridized carbons (Fsp3) is 0.765. The smallest absolute Gasteiger partial charge is 0.464 e. The predicted molar refractivity (Wildman–Crippen MR) is 89.1 cm³/mol. The van der Waals surface area contributed by atoms with E-state index in [0.29, 0.717) is 19.4 Å². The Morgan fingerprint density at radius 3 is 2.50 bits per heavy atom. The molecule has 132 valence electrons. The lowest BCUT2D eigenvalue weighted by Gasteiger charge is -2.33. The van der Waals surface area contributed by atoms with Crippen molar-refractivity contribution in [2.45, 2.75) is 77.2 Å². The highest BCUT2D eigenvalue weighted by molar-refractivity contribution is 6.55. The Morgan fingerprint density at radius 2 is 1.92 bits per heavy atom. The highest BCUT2D eigenvalue weighted by atomic mass is 16.7. The second-order valence-corrected chi connectivity index (χ2v) is 7.76. The summed E-state index contributed by atoms with van der Waals surface area (Å²) in [5.74, 6) is -0.452. The van der Waals surface area contributed by atoms with Crippen molar-refractivity contribution < 1.29 is 23.6 Å². The van der Waals surface area contributed by atoms with E-state index in [2.05, 4.69) is 0 Å². The summed E-state index contributed by atoms with van der Waals surface area (Å²) in [6, 6.07) is -0.440. The highest BCUT2D eigenvalue weighted by Crippen LogP contribution is 2.41. The molecule has 7 heteroatoms. The van der Waals surface area contributed by atoms with Gasteiger partial charge in [0.1, 0.15) is 6.04 Å². The molecule has 0 N–H and O–H groups in total. The molecule has 1 amide bonds. The van der Waals surface area contributed by atoms with Crippen LogP contribution in [0.25, 0.3) is 0 Å². The first kappa shape index (κ1) is 17.5. The normalized spacial score (nSPS) is 31.0. The van der Waals surface area contributed by atoms with E-state index in [1.165, 1.54) is 0 Å². The summed E-state index contributed by atoms with van der Waals surface area (Å²) in [6.45, 7) is 10.1. The van der Waals surface area contributed by atoms with Crippen LogP contribution in [0.15, 0.2) is 11.5 Å². The van der Waals surface area contributed by atoms with Crippen LogP contribution in [0.4, 0.5) is 0 Å². The summed E-state index contributed by atoms with van der Waals surface area (Å²) >= 11 is 0. The Morgan fingerprint density at radius 1 is 1.29 bits per heavy atom. The molecule has 2 saturated heterocycles. The van der Waals surface area contributed by atoms with Crippen LogP contribution in [0.5, 0.6) is 0 Å². The van der Waals surface area contributed by atoms with Crippen LogP contribution < -0.4 is 0 Å². The van der Waals surface area contributed by atoms with Gasteiger partial charge in [0.15, 0.2) is 0 Å². The van der Waals surface area contributed by atoms with E-state index in [1.807, 2.05) is 27.7 Å². The molecule has 3 rings (SSSR count). The Bertz CT molecular complexity index is 570. The van der Waals surface area contributed by atoms with E-state index in [1.54, 1.807) is 17.9 Å². The quantitative estimate of drug-likeness (QED) is 0.582. The largest absolute Gasteiger partial charge is 0.490 e. The number of nitrogens with zero attached hydrogens (tertiary/aromatic N) is 1. The van der Waals surface area contributed by atoms with Crippen molar-refractivity contribution in [3.8, 4) is 0 Å². The van der Waals surface area contributed by atoms with Gasteiger partial charge in [-0.05, 0) is 65.4 Å². The molecule has 0 aromatic rings. The van der Waals surface area contributed by atoms with E-state index < -0.39 is 24.4 Å². The van der Waals surface area contributed by atoms with E-state index >= 15 is 0 Å². The average molecular weight is 335 g/mol. The van der Waals surface area contributed by atoms with E-state index in [4.69, 9.17) is 14.0 Å². The summed E-state index contributed by atoms with van der Waals surface area (Å²) in [7, 11) is -0.497. The molecule has 6 nitrogen and oxygen atoms in total. The third-order valence-corrected chi connectivity index (χ3v) is 5.65.